The number of rotatable bonds is 9. The lowest BCUT2D eigenvalue weighted by atomic mass is 10.2. The van der Waals surface area contributed by atoms with E-state index >= 15 is 0 Å². The normalized spacial score (nSPS) is 10.7. The van der Waals surface area contributed by atoms with Gasteiger partial charge in [0.2, 0.25) is 0 Å². The SMILES string of the molecule is COc1cc(NC(=O)NCCCCN(C)C(C)C)cc(OC)c1. The minimum absolute atomic E-state index is 0.225. The highest BCUT2D eigenvalue weighted by Crippen LogP contribution is 2.25. The van der Waals surface area contributed by atoms with Gasteiger partial charge in [-0.3, -0.25) is 0 Å². The summed E-state index contributed by atoms with van der Waals surface area (Å²) in [6.07, 6.45) is 2.01. The van der Waals surface area contributed by atoms with Gasteiger partial charge in [0.15, 0.2) is 0 Å². The average molecular weight is 323 g/mol. The van der Waals surface area contributed by atoms with Gasteiger partial charge < -0.3 is 25.0 Å². The van der Waals surface area contributed by atoms with Crippen molar-refractivity contribution >= 4 is 11.7 Å². The standard InChI is InChI=1S/C17H29N3O3/c1-13(2)20(3)9-7-6-8-18-17(21)19-14-10-15(22-4)12-16(11-14)23-5/h10-13H,6-9H2,1-5H3,(H2,18,19,21). The van der Waals surface area contributed by atoms with Crippen molar-refractivity contribution in [2.75, 3.05) is 39.7 Å². The summed E-state index contributed by atoms with van der Waals surface area (Å²) in [6, 6.07) is 5.58. The number of carbonyl (C=O) groups is 1. The zero-order valence-electron chi connectivity index (χ0n) is 14.8. The van der Waals surface area contributed by atoms with Crippen molar-refractivity contribution in [1.29, 1.82) is 0 Å². The van der Waals surface area contributed by atoms with Crippen molar-refractivity contribution in [3.05, 3.63) is 18.2 Å². The van der Waals surface area contributed by atoms with Crippen LogP contribution in [0.3, 0.4) is 0 Å². The molecule has 1 rings (SSSR count). The smallest absolute Gasteiger partial charge is 0.319 e. The Morgan fingerprint density at radius 1 is 1.13 bits per heavy atom. The van der Waals surface area contributed by atoms with Gasteiger partial charge in [-0.15, -0.1) is 0 Å². The Kier molecular flexibility index (Phi) is 8.26. The third kappa shape index (κ3) is 7.23. The van der Waals surface area contributed by atoms with E-state index in [9.17, 15) is 4.79 Å². The van der Waals surface area contributed by atoms with Crippen molar-refractivity contribution in [3.8, 4) is 11.5 Å². The van der Waals surface area contributed by atoms with Crippen LogP contribution in [0.5, 0.6) is 11.5 Å². The van der Waals surface area contributed by atoms with E-state index in [0.29, 0.717) is 29.8 Å². The molecule has 0 aliphatic carbocycles. The first kappa shape index (κ1) is 19.1. The lowest BCUT2D eigenvalue weighted by Crippen LogP contribution is -2.31. The van der Waals surface area contributed by atoms with Crippen LogP contribution in [0.4, 0.5) is 10.5 Å². The molecule has 0 aliphatic rings. The Hall–Kier alpha value is -1.95. The number of hydrogen-bond acceptors (Lipinski definition) is 4. The van der Waals surface area contributed by atoms with Gasteiger partial charge in [-0.05, 0) is 40.3 Å². The third-order valence-electron chi connectivity index (χ3n) is 3.71. The first-order chi connectivity index (χ1) is 11.0. The van der Waals surface area contributed by atoms with E-state index in [4.69, 9.17) is 9.47 Å². The van der Waals surface area contributed by atoms with Crippen molar-refractivity contribution in [3.63, 3.8) is 0 Å². The van der Waals surface area contributed by atoms with Gasteiger partial charge in [0.25, 0.3) is 0 Å². The van der Waals surface area contributed by atoms with Gasteiger partial charge in [0.05, 0.1) is 14.2 Å². The number of methoxy groups -OCH3 is 2. The van der Waals surface area contributed by atoms with Crippen LogP contribution in [0, 0.1) is 0 Å². The van der Waals surface area contributed by atoms with Crippen LogP contribution in [0.1, 0.15) is 26.7 Å². The number of hydrogen-bond donors (Lipinski definition) is 2. The number of ether oxygens (including phenoxy) is 2. The van der Waals surface area contributed by atoms with Crippen molar-refractivity contribution in [2.45, 2.75) is 32.7 Å². The number of urea groups is 1. The van der Waals surface area contributed by atoms with Gasteiger partial charge in [-0.25, -0.2) is 4.79 Å². The molecule has 6 heteroatoms. The Bertz CT molecular complexity index is 470. The number of nitrogens with zero attached hydrogens (tertiary/aromatic N) is 1. The molecular formula is C17H29N3O3. The monoisotopic (exact) mass is 323 g/mol. The highest BCUT2D eigenvalue weighted by molar-refractivity contribution is 5.89. The number of nitrogens with one attached hydrogen (secondary N) is 2. The molecule has 0 fully saturated rings. The van der Waals surface area contributed by atoms with Crippen LogP contribution in [0.15, 0.2) is 18.2 Å². The molecule has 0 atom stereocenters. The predicted molar refractivity (Wildman–Crippen MR) is 93.6 cm³/mol. The molecule has 0 saturated heterocycles. The van der Waals surface area contributed by atoms with Gasteiger partial charge in [-0.1, -0.05) is 0 Å². The summed E-state index contributed by atoms with van der Waals surface area (Å²) in [4.78, 5) is 14.2. The summed E-state index contributed by atoms with van der Waals surface area (Å²) < 4.78 is 10.4. The number of anilines is 1. The summed E-state index contributed by atoms with van der Waals surface area (Å²) in [5, 5.41) is 5.65. The molecule has 0 heterocycles. The van der Waals surface area contributed by atoms with Crippen LogP contribution in [0.2, 0.25) is 0 Å². The summed E-state index contributed by atoms with van der Waals surface area (Å²) >= 11 is 0. The summed E-state index contributed by atoms with van der Waals surface area (Å²) in [5.41, 5.74) is 0.637. The average Bonchev–Trinajstić information content (AvgIpc) is 2.53. The van der Waals surface area contributed by atoms with E-state index in [-0.39, 0.29) is 6.03 Å². The molecule has 23 heavy (non-hydrogen) atoms. The second-order valence-electron chi connectivity index (χ2n) is 5.76. The molecule has 0 unspecified atom stereocenters. The maximum atomic E-state index is 11.9. The Morgan fingerprint density at radius 2 is 1.74 bits per heavy atom. The maximum Gasteiger partial charge on any atom is 0.319 e. The topological polar surface area (TPSA) is 62.8 Å². The molecular weight excluding hydrogens is 294 g/mol. The zero-order chi connectivity index (χ0) is 17.2. The second-order valence-corrected chi connectivity index (χ2v) is 5.76. The molecule has 2 amide bonds. The molecule has 0 spiro atoms. The highest BCUT2D eigenvalue weighted by atomic mass is 16.5. The summed E-state index contributed by atoms with van der Waals surface area (Å²) in [6.45, 7) is 6.04. The molecule has 0 radical (unpaired) electrons. The number of amides is 2. The van der Waals surface area contributed by atoms with Crippen molar-refractivity contribution in [1.82, 2.24) is 10.2 Å². The van der Waals surface area contributed by atoms with Crippen LogP contribution < -0.4 is 20.1 Å². The van der Waals surface area contributed by atoms with Crippen LogP contribution in [-0.2, 0) is 0 Å². The number of unbranched alkanes of at least 4 members (excludes halogenated alkanes) is 1. The number of benzene rings is 1. The Labute approximate surface area is 139 Å². The molecule has 0 aliphatic heterocycles. The molecule has 0 bridgehead atoms. The van der Waals surface area contributed by atoms with E-state index in [1.54, 1.807) is 32.4 Å². The molecule has 1 aromatic rings. The second kappa shape index (κ2) is 9.94. The minimum atomic E-state index is -0.225. The first-order valence-corrected chi connectivity index (χ1v) is 7.94. The van der Waals surface area contributed by atoms with Gasteiger partial charge in [-0.2, -0.15) is 0 Å². The van der Waals surface area contributed by atoms with Gasteiger partial charge >= 0.3 is 6.03 Å². The van der Waals surface area contributed by atoms with E-state index in [1.165, 1.54) is 0 Å². The van der Waals surface area contributed by atoms with Crippen molar-refractivity contribution < 1.29 is 14.3 Å². The third-order valence-corrected chi connectivity index (χ3v) is 3.71. The largest absolute Gasteiger partial charge is 0.497 e. The quantitative estimate of drug-likeness (QED) is 0.686. The fourth-order valence-electron chi connectivity index (χ4n) is 2.00. The predicted octanol–water partition coefficient (Wildman–Crippen LogP) is 2.95. The van der Waals surface area contributed by atoms with Crippen LogP contribution >= 0.6 is 0 Å². The lowest BCUT2D eigenvalue weighted by Gasteiger charge is -2.20. The van der Waals surface area contributed by atoms with Crippen LogP contribution in [-0.4, -0.2) is 51.3 Å². The minimum Gasteiger partial charge on any atom is -0.497 e. The molecule has 6 nitrogen and oxygen atoms in total. The summed E-state index contributed by atoms with van der Waals surface area (Å²) in [5.74, 6) is 1.27. The Balaban J connectivity index is 2.34. The molecule has 2 N–H and O–H groups in total. The fourth-order valence-corrected chi connectivity index (χ4v) is 2.00. The summed E-state index contributed by atoms with van der Waals surface area (Å²) in [7, 11) is 5.26. The first-order valence-electron chi connectivity index (χ1n) is 7.94. The van der Waals surface area contributed by atoms with Gasteiger partial charge in [0.1, 0.15) is 11.5 Å². The highest BCUT2D eigenvalue weighted by Gasteiger charge is 2.06. The van der Waals surface area contributed by atoms with Crippen LogP contribution in [0.25, 0.3) is 0 Å². The lowest BCUT2D eigenvalue weighted by molar-refractivity contribution is 0.250. The molecule has 0 aromatic heterocycles. The van der Waals surface area contributed by atoms with E-state index < -0.39 is 0 Å². The van der Waals surface area contributed by atoms with Gasteiger partial charge in [0, 0.05) is 36.5 Å². The van der Waals surface area contributed by atoms with E-state index in [1.807, 2.05) is 0 Å². The zero-order valence-corrected chi connectivity index (χ0v) is 14.8. The molecule has 130 valence electrons. The van der Waals surface area contributed by atoms with E-state index in [0.717, 1.165) is 19.4 Å². The molecule has 1 aromatic carbocycles. The Morgan fingerprint density at radius 3 is 2.26 bits per heavy atom. The fraction of sp³-hybridized carbons (Fsp3) is 0.588. The molecule has 0 saturated carbocycles. The number of carbonyl (C=O) groups excluding carboxylic acids is 1. The maximum absolute atomic E-state index is 11.9. The van der Waals surface area contributed by atoms with Crippen molar-refractivity contribution in [2.24, 2.45) is 0 Å². The van der Waals surface area contributed by atoms with E-state index in [2.05, 4.69) is 36.4 Å².